The summed E-state index contributed by atoms with van der Waals surface area (Å²) in [7, 11) is -3.67. The first kappa shape index (κ1) is 18.8. The molecule has 0 radical (unpaired) electrons. The Morgan fingerprint density at radius 1 is 1.12 bits per heavy atom. The first-order chi connectivity index (χ1) is 12.1. The zero-order valence-corrected chi connectivity index (χ0v) is 16.6. The van der Waals surface area contributed by atoms with E-state index in [-0.39, 0.29) is 21.6 Å². The monoisotopic (exact) mass is 390 g/mol. The lowest BCUT2D eigenvalue weighted by molar-refractivity contribution is -0.118. The highest BCUT2D eigenvalue weighted by atomic mass is 32.2. The predicted octanol–water partition coefficient (Wildman–Crippen LogP) is 3.65. The summed E-state index contributed by atoms with van der Waals surface area (Å²) < 4.78 is 27.9. The molecule has 0 spiro atoms. The largest absolute Gasteiger partial charge is 0.339 e. The second-order valence-corrected chi connectivity index (χ2v) is 10.0. The number of nitrogens with one attached hydrogen (secondary N) is 2. The topological polar surface area (TPSA) is 75.3 Å². The summed E-state index contributed by atoms with van der Waals surface area (Å²) in [5.41, 5.74) is 2.38. The van der Waals surface area contributed by atoms with Gasteiger partial charge in [0.05, 0.1) is 10.6 Å². The van der Waals surface area contributed by atoms with Crippen molar-refractivity contribution in [1.82, 2.24) is 5.32 Å². The molecule has 1 aliphatic rings. The number of thioether (sulfide) groups is 1. The number of amides is 1. The van der Waals surface area contributed by atoms with E-state index in [1.165, 1.54) is 11.8 Å². The number of carbonyl (C=O) groups is 1. The summed E-state index contributed by atoms with van der Waals surface area (Å²) in [6, 6.07) is 14.0. The van der Waals surface area contributed by atoms with Crippen LogP contribution in [0.2, 0.25) is 0 Å². The minimum Gasteiger partial charge on any atom is -0.339 e. The van der Waals surface area contributed by atoms with Gasteiger partial charge in [0, 0.05) is 5.69 Å². The second kappa shape index (κ2) is 6.96. The van der Waals surface area contributed by atoms with Gasteiger partial charge in [0.1, 0.15) is 5.37 Å². The number of hydrogen-bond donors (Lipinski definition) is 2. The molecule has 1 atom stereocenters. The molecule has 7 heteroatoms. The van der Waals surface area contributed by atoms with Crippen LogP contribution in [-0.2, 0) is 20.2 Å². The van der Waals surface area contributed by atoms with E-state index in [1.54, 1.807) is 30.3 Å². The average molecular weight is 391 g/mol. The molecule has 0 saturated carbocycles. The third kappa shape index (κ3) is 4.22. The Hall–Kier alpha value is -1.99. The summed E-state index contributed by atoms with van der Waals surface area (Å²) >= 11 is 1.49. The lowest BCUT2D eigenvalue weighted by Crippen LogP contribution is -2.19. The van der Waals surface area contributed by atoms with Crippen LogP contribution in [0.4, 0.5) is 5.69 Å². The van der Waals surface area contributed by atoms with Gasteiger partial charge >= 0.3 is 0 Å². The number of hydrogen-bond acceptors (Lipinski definition) is 4. The van der Waals surface area contributed by atoms with Gasteiger partial charge in [-0.15, -0.1) is 11.8 Å². The normalized spacial score (nSPS) is 17.8. The zero-order valence-electron chi connectivity index (χ0n) is 14.9. The molecule has 1 heterocycles. The van der Waals surface area contributed by atoms with Crippen LogP contribution in [0.5, 0.6) is 0 Å². The van der Waals surface area contributed by atoms with E-state index in [0.717, 1.165) is 11.1 Å². The van der Waals surface area contributed by atoms with E-state index in [1.807, 2.05) is 18.2 Å². The lowest BCUT2D eigenvalue weighted by atomic mass is 9.87. The summed E-state index contributed by atoms with van der Waals surface area (Å²) in [5.74, 6) is 0.408. The molecular formula is C19H22N2O3S2. The molecule has 2 N–H and O–H groups in total. The number of carbonyl (C=O) groups excluding carboxylic acids is 1. The standard InChI is InChI=1S/C19H22N2O3S2/c1-19(2,3)14-7-9-16(10-8-14)26(23,24)21-15-6-4-5-13(11-15)18-20-17(22)12-25-18/h4-11,18,21H,12H2,1-3H3,(H,20,22)/t18-/m0/s1. The molecule has 0 bridgehead atoms. The highest BCUT2D eigenvalue weighted by Gasteiger charge is 2.23. The Bertz CT molecular complexity index is 917. The number of sulfonamides is 1. The average Bonchev–Trinajstić information content (AvgIpc) is 3.01. The van der Waals surface area contributed by atoms with E-state index < -0.39 is 10.0 Å². The van der Waals surface area contributed by atoms with Gasteiger partial charge in [-0.3, -0.25) is 9.52 Å². The maximum Gasteiger partial charge on any atom is 0.261 e. The van der Waals surface area contributed by atoms with Crippen molar-refractivity contribution in [2.24, 2.45) is 0 Å². The van der Waals surface area contributed by atoms with Crippen LogP contribution >= 0.6 is 11.8 Å². The molecule has 1 aliphatic heterocycles. The minimum atomic E-state index is -3.67. The Morgan fingerprint density at radius 2 is 1.81 bits per heavy atom. The Labute approximate surface area is 158 Å². The van der Waals surface area contributed by atoms with Gasteiger partial charge in [0.2, 0.25) is 5.91 Å². The molecule has 0 unspecified atom stereocenters. The highest BCUT2D eigenvalue weighted by molar-refractivity contribution is 8.00. The quantitative estimate of drug-likeness (QED) is 0.836. The molecule has 0 aromatic heterocycles. The molecule has 1 saturated heterocycles. The molecule has 138 valence electrons. The van der Waals surface area contributed by atoms with Gasteiger partial charge in [0.15, 0.2) is 0 Å². The third-order valence-corrected chi connectivity index (χ3v) is 6.69. The van der Waals surface area contributed by atoms with E-state index in [9.17, 15) is 13.2 Å². The van der Waals surface area contributed by atoms with Gasteiger partial charge < -0.3 is 5.32 Å². The number of anilines is 1. The van der Waals surface area contributed by atoms with E-state index in [4.69, 9.17) is 0 Å². The molecule has 0 aliphatic carbocycles. The summed E-state index contributed by atoms with van der Waals surface area (Å²) in [4.78, 5) is 11.6. The first-order valence-electron chi connectivity index (χ1n) is 8.29. The maximum atomic E-state index is 12.7. The maximum absolute atomic E-state index is 12.7. The van der Waals surface area contributed by atoms with Crippen LogP contribution < -0.4 is 10.0 Å². The van der Waals surface area contributed by atoms with Gasteiger partial charge in [-0.25, -0.2) is 8.42 Å². The van der Waals surface area contributed by atoms with Crippen molar-refractivity contribution in [1.29, 1.82) is 0 Å². The van der Waals surface area contributed by atoms with Gasteiger partial charge in [-0.2, -0.15) is 0 Å². The first-order valence-corrected chi connectivity index (χ1v) is 10.8. The van der Waals surface area contributed by atoms with Crippen molar-refractivity contribution < 1.29 is 13.2 Å². The summed E-state index contributed by atoms with van der Waals surface area (Å²) in [6.07, 6.45) is 0. The van der Waals surface area contributed by atoms with Gasteiger partial charge in [0.25, 0.3) is 10.0 Å². The molecule has 5 nitrogen and oxygen atoms in total. The van der Waals surface area contributed by atoms with Crippen molar-refractivity contribution >= 4 is 33.4 Å². The van der Waals surface area contributed by atoms with Crippen molar-refractivity contribution in [3.05, 3.63) is 59.7 Å². The van der Waals surface area contributed by atoms with Crippen LogP contribution in [0, 0.1) is 0 Å². The van der Waals surface area contributed by atoms with E-state index >= 15 is 0 Å². The van der Waals surface area contributed by atoms with Crippen LogP contribution in [0.15, 0.2) is 53.4 Å². The molecule has 3 rings (SSSR count). The Kier molecular flexibility index (Phi) is 5.03. The number of rotatable bonds is 4. The molecule has 2 aromatic rings. The fourth-order valence-electron chi connectivity index (χ4n) is 2.68. The van der Waals surface area contributed by atoms with Crippen molar-refractivity contribution in [3.8, 4) is 0 Å². The van der Waals surface area contributed by atoms with Crippen LogP contribution in [-0.4, -0.2) is 20.1 Å². The zero-order chi connectivity index (χ0) is 18.9. The fourth-order valence-corrected chi connectivity index (χ4v) is 4.69. The Balaban J connectivity index is 1.80. The highest BCUT2D eigenvalue weighted by Crippen LogP contribution is 2.32. The van der Waals surface area contributed by atoms with Crippen LogP contribution in [0.25, 0.3) is 0 Å². The van der Waals surface area contributed by atoms with Gasteiger partial charge in [-0.1, -0.05) is 45.0 Å². The molecule has 26 heavy (non-hydrogen) atoms. The number of benzene rings is 2. The Morgan fingerprint density at radius 3 is 2.38 bits per heavy atom. The van der Waals surface area contributed by atoms with Gasteiger partial charge in [-0.05, 0) is 40.8 Å². The van der Waals surface area contributed by atoms with E-state index in [2.05, 4.69) is 30.8 Å². The summed E-state index contributed by atoms with van der Waals surface area (Å²) in [6.45, 7) is 6.25. The fraction of sp³-hybridized carbons (Fsp3) is 0.316. The van der Waals surface area contributed by atoms with E-state index in [0.29, 0.717) is 11.4 Å². The molecule has 2 aromatic carbocycles. The lowest BCUT2D eigenvalue weighted by Gasteiger charge is -2.19. The van der Waals surface area contributed by atoms with Crippen LogP contribution in [0.3, 0.4) is 0 Å². The molecule has 1 fully saturated rings. The molecule has 1 amide bonds. The van der Waals surface area contributed by atoms with Crippen molar-refractivity contribution in [3.63, 3.8) is 0 Å². The predicted molar refractivity (Wildman–Crippen MR) is 106 cm³/mol. The van der Waals surface area contributed by atoms with Crippen molar-refractivity contribution in [2.45, 2.75) is 36.5 Å². The molecular weight excluding hydrogens is 368 g/mol. The minimum absolute atomic E-state index is 0.00933. The van der Waals surface area contributed by atoms with Crippen LogP contribution in [0.1, 0.15) is 37.3 Å². The third-order valence-electron chi connectivity index (χ3n) is 4.15. The van der Waals surface area contributed by atoms with Crippen molar-refractivity contribution in [2.75, 3.05) is 10.5 Å². The SMILES string of the molecule is CC(C)(C)c1ccc(S(=O)(=O)Nc2cccc([C@H]3NC(=O)CS3)c2)cc1. The smallest absolute Gasteiger partial charge is 0.261 e. The summed E-state index contributed by atoms with van der Waals surface area (Å²) in [5, 5.41) is 2.72. The second-order valence-electron chi connectivity index (χ2n) is 7.26.